The molecule has 1 unspecified atom stereocenters. The Balaban J connectivity index is 2.31. The van der Waals surface area contributed by atoms with Gasteiger partial charge in [0.25, 0.3) is 0 Å². The number of aliphatic hydroxyl groups is 1. The molecule has 21 heavy (non-hydrogen) atoms. The summed E-state index contributed by atoms with van der Waals surface area (Å²) in [5.74, 6) is 0. The van der Waals surface area contributed by atoms with Crippen LogP contribution in [-0.4, -0.2) is 21.3 Å². The van der Waals surface area contributed by atoms with Crippen LogP contribution in [0.4, 0.5) is 13.2 Å². The van der Waals surface area contributed by atoms with E-state index < -0.39 is 11.8 Å². The monoisotopic (exact) mass is 292 g/mol. The Morgan fingerprint density at radius 2 is 1.71 bits per heavy atom. The molecule has 108 valence electrons. The zero-order valence-corrected chi connectivity index (χ0v) is 10.7. The van der Waals surface area contributed by atoms with Gasteiger partial charge in [-0.15, -0.1) is 0 Å². The van der Waals surface area contributed by atoms with Crippen molar-refractivity contribution < 1.29 is 18.3 Å². The lowest BCUT2D eigenvalue weighted by Crippen LogP contribution is -2.43. The number of halogens is 3. The number of nitrogens with one attached hydrogen (secondary N) is 1. The summed E-state index contributed by atoms with van der Waals surface area (Å²) < 4.78 is 40.8. The molecule has 0 aliphatic rings. The van der Waals surface area contributed by atoms with E-state index in [1.165, 1.54) is 42.6 Å². The van der Waals surface area contributed by atoms with Gasteiger partial charge in [-0.1, -0.05) is 30.3 Å². The van der Waals surface area contributed by atoms with Gasteiger partial charge in [-0.25, -0.2) is 4.98 Å². The Morgan fingerprint density at radius 1 is 1.00 bits per heavy atom. The second-order valence-corrected chi connectivity index (χ2v) is 4.68. The van der Waals surface area contributed by atoms with Crippen LogP contribution in [0.2, 0.25) is 0 Å². The lowest BCUT2D eigenvalue weighted by molar-refractivity contribution is -0.247. The van der Waals surface area contributed by atoms with Gasteiger partial charge in [0.15, 0.2) is 0 Å². The van der Waals surface area contributed by atoms with Gasteiger partial charge in [0, 0.05) is 23.3 Å². The van der Waals surface area contributed by atoms with E-state index >= 15 is 0 Å². The zero-order valence-electron chi connectivity index (χ0n) is 10.7. The van der Waals surface area contributed by atoms with Crippen LogP contribution >= 0.6 is 0 Å². The largest absolute Gasteiger partial charge is 0.425 e. The van der Waals surface area contributed by atoms with Crippen molar-refractivity contribution in [3.05, 3.63) is 66.0 Å². The predicted octanol–water partition coefficient (Wildman–Crippen LogP) is 3.36. The van der Waals surface area contributed by atoms with Crippen molar-refractivity contribution >= 4 is 11.0 Å². The molecule has 0 saturated heterocycles. The summed E-state index contributed by atoms with van der Waals surface area (Å²) in [6, 6.07) is 10.0. The van der Waals surface area contributed by atoms with Crippen LogP contribution in [0.5, 0.6) is 0 Å². The van der Waals surface area contributed by atoms with Crippen molar-refractivity contribution in [1.82, 2.24) is 9.97 Å². The van der Waals surface area contributed by atoms with Gasteiger partial charge in [-0.3, -0.25) is 0 Å². The molecule has 0 spiro atoms. The van der Waals surface area contributed by atoms with Crippen LogP contribution in [0.1, 0.15) is 11.1 Å². The second kappa shape index (κ2) is 4.60. The fourth-order valence-electron chi connectivity index (χ4n) is 2.41. The molecule has 2 aromatic heterocycles. The summed E-state index contributed by atoms with van der Waals surface area (Å²) >= 11 is 0. The third-order valence-electron chi connectivity index (χ3n) is 3.44. The normalized spacial score (nSPS) is 15.0. The molecule has 0 aliphatic carbocycles. The lowest BCUT2D eigenvalue weighted by Gasteiger charge is -2.30. The van der Waals surface area contributed by atoms with Gasteiger partial charge >= 0.3 is 6.18 Å². The number of fused-ring (bicyclic) bond motifs is 1. The van der Waals surface area contributed by atoms with Crippen molar-refractivity contribution in [2.75, 3.05) is 0 Å². The van der Waals surface area contributed by atoms with Crippen molar-refractivity contribution in [3.63, 3.8) is 0 Å². The maximum Gasteiger partial charge on any atom is 0.425 e. The number of H-pyrrole nitrogens is 1. The van der Waals surface area contributed by atoms with Crippen molar-refractivity contribution in [3.8, 4) is 0 Å². The molecule has 6 heteroatoms. The first-order valence-electron chi connectivity index (χ1n) is 6.22. The summed E-state index contributed by atoms with van der Waals surface area (Å²) in [6.07, 6.45) is -2.24. The number of rotatable bonds is 2. The fraction of sp³-hybridized carbons (Fsp3) is 0.133. The molecule has 0 fully saturated rings. The highest BCUT2D eigenvalue weighted by molar-refractivity contribution is 5.81. The third kappa shape index (κ3) is 1.99. The molecule has 0 saturated carbocycles. The summed E-state index contributed by atoms with van der Waals surface area (Å²) in [4.78, 5) is 6.62. The molecule has 2 N–H and O–H groups in total. The molecule has 0 radical (unpaired) electrons. The fourth-order valence-corrected chi connectivity index (χ4v) is 2.41. The Bertz CT molecular complexity index is 767. The van der Waals surface area contributed by atoms with Gasteiger partial charge in [0.1, 0.15) is 5.65 Å². The van der Waals surface area contributed by atoms with Gasteiger partial charge in [0.05, 0.1) is 0 Å². The van der Waals surface area contributed by atoms with E-state index in [2.05, 4.69) is 9.97 Å². The van der Waals surface area contributed by atoms with E-state index in [1.807, 2.05) is 0 Å². The van der Waals surface area contributed by atoms with E-state index in [-0.39, 0.29) is 16.5 Å². The molecule has 0 bridgehead atoms. The summed E-state index contributed by atoms with van der Waals surface area (Å²) in [5, 5.41) is 10.7. The average Bonchev–Trinajstić information content (AvgIpc) is 2.90. The minimum Gasteiger partial charge on any atom is -0.372 e. The molecule has 3 rings (SSSR count). The van der Waals surface area contributed by atoms with Crippen molar-refractivity contribution in [2.24, 2.45) is 0 Å². The van der Waals surface area contributed by atoms with Gasteiger partial charge in [0.2, 0.25) is 5.60 Å². The molecular weight excluding hydrogens is 281 g/mol. The highest BCUT2D eigenvalue weighted by atomic mass is 19.4. The van der Waals surface area contributed by atoms with Gasteiger partial charge in [-0.2, -0.15) is 13.2 Å². The number of aromatic nitrogens is 2. The number of hydrogen-bond donors (Lipinski definition) is 2. The van der Waals surface area contributed by atoms with Crippen LogP contribution in [0.15, 0.2) is 54.9 Å². The third-order valence-corrected chi connectivity index (χ3v) is 3.44. The summed E-state index contributed by atoms with van der Waals surface area (Å²) in [5.41, 5.74) is -3.28. The number of pyridine rings is 1. The minimum absolute atomic E-state index is 0.234. The Kier molecular flexibility index (Phi) is 2.98. The number of hydrogen-bond acceptors (Lipinski definition) is 2. The first kappa shape index (κ1) is 13.6. The molecule has 1 aromatic carbocycles. The highest BCUT2D eigenvalue weighted by Crippen LogP contribution is 2.46. The first-order chi connectivity index (χ1) is 9.94. The molecule has 3 nitrogen and oxygen atoms in total. The lowest BCUT2D eigenvalue weighted by atomic mass is 9.86. The minimum atomic E-state index is -4.86. The van der Waals surface area contributed by atoms with Crippen LogP contribution in [0.3, 0.4) is 0 Å². The Morgan fingerprint density at radius 3 is 2.38 bits per heavy atom. The number of alkyl halides is 3. The Hall–Kier alpha value is -2.34. The van der Waals surface area contributed by atoms with E-state index in [1.54, 1.807) is 6.07 Å². The standard InChI is InChI=1S/C15H11F3N2O/c16-15(17,18)14(21,10-5-2-1-3-6-10)12-9-20-13-11(12)7-4-8-19-13/h1-9,21H,(H,19,20). The van der Waals surface area contributed by atoms with E-state index in [0.717, 1.165) is 6.20 Å². The predicted molar refractivity (Wildman–Crippen MR) is 71.6 cm³/mol. The summed E-state index contributed by atoms with van der Waals surface area (Å²) in [7, 11) is 0. The molecular formula is C15H11F3N2O. The zero-order chi connectivity index (χ0) is 15.1. The van der Waals surface area contributed by atoms with Crippen LogP contribution in [0.25, 0.3) is 11.0 Å². The topological polar surface area (TPSA) is 48.9 Å². The van der Waals surface area contributed by atoms with Crippen molar-refractivity contribution in [1.29, 1.82) is 0 Å². The van der Waals surface area contributed by atoms with Crippen LogP contribution in [0, 0.1) is 0 Å². The number of aromatic amines is 1. The smallest absolute Gasteiger partial charge is 0.372 e. The molecule has 2 heterocycles. The first-order valence-corrected chi connectivity index (χ1v) is 6.22. The maximum absolute atomic E-state index is 13.6. The Labute approximate surface area is 118 Å². The quantitative estimate of drug-likeness (QED) is 0.761. The average molecular weight is 292 g/mol. The van der Waals surface area contributed by atoms with Crippen LogP contribution in [-0.2, 0) is 5.60 Å². The van der Waals surface area contributed by atoms with Gasteiger partial charge in [-0.05, 0) is 17.7 Å². The highest BCUT2D eigenvalue weighted by Gasteiger charge is 2.57. The molecule has 3 aromatic rings. The van der Waals surface area contributed by atoms with Crippen LogP contribution < -0.4 is 0 Å². The number of nitrogens with zero attached hydrogens (tertiary/aromatic N) is 1. The maximum atomic E-state index is 13.6. The van der Waals surface area contributed by atoms with E-state index in [4.69, 9.17) is 0 Å². The summed E-state index contributed by atoms with van der Waals surface area (Å²) in [6.45, 7) is 0. The van der Waals surface area contributed by atoms with Crippen molar-refractivity contribution in [2.45, 2.75) is 11.8 Å². The second-order valence-electron chi connectivity index (χ2n) is 4.68. The van der Waals surface area contributed by atoms with E-state index in [0.29, 0.717) is 5.65 Å². The van der Waals surface area contributed by atoms with E-state index in [9.17, 15) is 18.3 Å². The molecule has 0 amide bonds. The molecule has 0 aliphatic heterocycles. The molecule has 1 atom stereocenters. The van der Waals surface area contributed by atoms with Gasteiger partial charge < -0.3 is 10.1 Å². The number of benzene rings is 1. The SMILES string of the molecule is OC(c1ccccc1)(c1c[nH]c2ncccc12)C(F)(F)F.